The molecule has 0 aromatic carbocycles. The molecule has 2 aliphatic heterocycles. The number of aromatic nitrogens is 2. The topological polar surface area (TPSA) is 289 Å². The highest BCUT2D eigenvalue weighted by Gasteiger charge is 2.41. The third-order valence-electron chi connectivity index (χ3n) is 9.09. The highest BCUT2D eigenvalue weighted by molar-refractivity contribution is 7.98. The van der Waals surface area contributed by atoms with Gasteiger partial charge in [0, 0.05) is 37.8 Å². The van der Waals surface area contributed by atoms with E-state index in [1.165, 1.54) is 34.1 Å². The zero-order chi connectivity index (χ0) is 37.5. The fourth-order valence-corrected chi connectivity index (χ4v) is 6.81. The number of imidazole rings is 1. The fraction of sp³-hybridized carbons (Fsp3) is 0.688. The number of hydrogen-bond donors (Lipinski definition) is 8. The van der Waals surface area contributed by atoms with Gasteiger partial charge in [-0.05, 0) is 76.3 Å². The Kier molecular flexibility index (Phi) is 16.6. The molecule has 2 saturated heterocycles. The molecular formula is C32H52N10O8S. The Morgan fingerprint density at radius 1 is 0.922 bits per heavy atom. The maximum Gasteiger partial charge on any atom is 0.326 e. The first kappa shape index (κ1) is 41.2. The second kappa shape index (κ2) is 20.6. The number of primary amides is 1. The minimum absolute atomic E-state index is 0.112. The number of carbonyl (C=O) groups is 7. The van der Waals surface area contributed by atoms with Gasteiger partial charge in [0.2, 0.25) is 35.4 Å². The monoisotopic (exact) mass is 736 g/mol. The Balaban J connectivity index is 1.74. The Morgan fingerprint density at radius 3 is 2.14 bits per heavy atom. The number of carboxylic acids is 1. The van der Waals surface area contributed by atoms with Crippen molar-refractivity contribution in [2.45, 2.75) is 107 Å². The zero-order valence-corrected chi connectivity index (χ0v) is 29.8. The first-order valence-electron chi connectivity index (χ1n) is 17.3. The average molecular weight is 737 g/mol. The number of amides is 6. The third-order valence-corrected chi connectivity index (χ3v) is 9.73. The van der Waals surface area contributed by atoms with Gasteiger partial charge in [0.1, 0.15) is 30.2 Å². The van der Waals surface area contributed by atoms with Crippen LogP contribution in [-0.4, -0.2) is 134 Å². The van der Waals surface area contributed by atoms with Crippen LogP contribution < -0.4 is 33.2 Å². The molecule has 6 atom stereocenters. The highest BCUT2D eigenvalue weighted by Crippen LogP contribution is 2.23. The summed E-state index contributed by atoms with van der Waals surface area (Å²) >= 11 is 1.45. The first-order valence-corrected chi connectivity index (χ1v) is 18.7. The number of aliphatic carboxylic acids is 1. The molecule has 1 aromatic rings. The Labute approximate surface area is 301 Å². The van der Waals surface area contributed by atoms with Gasteiger partial charge in [-0.2, -0.15) is 11.8 Å². The molecule has 0 unspecified atom stereocenters. The first-order chi connectivity index (χ1) is 24.4. The molecule has 0 aliphatic carbocycles. The highest BCUT2D eigenvalue weighted by atomic mass is 32.2. The summed E-state index contributed by atoms with van der Waals surface area (Å²) in [5.41, 5.74) is 17.6. The number of thioether (sulfide) groups is 1. The molecule has 0 bridgehead atoms. The van der Waals surface area contributed by atoms with Crippen molar-refractivity contribution in [3.05, 3.63) is 18.2 Å². The Bertz CT molecular complexity index is 1370. The number of aromatic amines is 1. The van der Waals surface area contributed by atoms with Gasteiger partial charge < -0.3 is 53.0 Å². The summed E-state index contributed by atoms with van der Waals surface area (Å²) in [4.78, 5) is 101. The summed E-state index contributed by atoms with van der Waals surface area (Å²) in [7, 11) is 0. The summed E-state index contributed by atoms with van der Waals surface area (Å²) in [5, 5.41) is 17.7. The van der Waals surface area contributed by atoms with Gasteiger partial charge in [-0.25, -0.2) is 9.78 Å². The van der Waals surface area contributed by atoms with E-state index in [1.54, 1.807) is 0 Å². The van der Waals surface area contributed by atoms with Crippen molar-refractivity contribution in [3.63, 3.8) is 0 Å². The van der Waals surface area contributed by atoms with Gasteiger partial charge >= 0.3 is 5.97 Å². The van der Waals surface area contributed by atoms with E-state index in [-0.39, 0.29) is 45.2 Å². The van der Waals surface area contributed by atoms with E-state index in [0.29, 0.717) is 56.5 Å². The maximum absolute atomic E-state index is 14.0. The smallest absolute Gasteiger partial charge is 0.326 e. The van der Waals surface area contributed by atoms with E-state index in [1.807, 2.05) is 6.26 Å². The quantitative estimate of drug-likeness (QED) is 0.0633. The maximum atomic E-state index is 14.0. The largest absolute Gasteiger partial charge is 0.480 e. The van der Waals surface area contributed by atoms with Gasteiger partial charge in [0.25, 0.3) is 0 Å². The van der Waals surface area contributed by atoms with E-state index >= 15 is 0 Å². The van der Waals surface area contributed by atoms with Gasteiger partial charge in [0.15, 0.2) is 0 Å². The predicted molar refractivity (Wildman–Crippen MR) is 187 cm³/mol. The predicted octanol–water partition coefficient (Wildman–Crippen LogP) is -2.05. The number of nitrogens with zero attached hydrogens (tertiary/aromatic N) is 3. The lowest BCUT2D eigenvalue weighted by Gasteiger charge is -2.32. The van der Waals surface area contributed by atoms with Crippen molar-refractivity contribution in [1.82, 2.24) is 35.7 Å². The molecule has 3 heterocycles. The molecule has 2 fully saturated rings. The van der Waals surface area contributed by atoms with Crippen LogP contribution in [0.1, 0.15) is 69.9 Å². The SMILES string of the molecule is CSCC[C@H](NC(=O)[C@H](CCC(N)=O)NC(=O)[C@@H](N)Cc1cnc[nH]1)C(=O)N1CCC[C@H]1C(=O)N[C@@H](CCCCN)C(=O)N1CCC[C@H]1C(=O)O. The molecule has 6 amide bonds. The van der Waals surface area contributed by atoms with Crippen LogP contribution in [0.2, 0.25) is 0 Å². The van der Waals surface area contributed by atoms with Crippen LogP contribution in [0, 0.1) is 0 Å². The van der Waals surface area contributed by atoms with E-state index in [0.717, 1.165) is 0 Å². The minimum Gasteiger partial charge on any atom is -0.480 e. The van der Waals surface area contributed by atoms with Crippen LogP contribution in [0.25, 0.3) is 0 Å². The van der Waals surface area contributed by atoms with Crippen LogP contribution in [0.5, 0.6) is 0 Å². The Hall–Kier alpha value is -4.23. The van der Waals surface area contributed by atoms with Gasteiger partial charge in [-0.15, -0.1) is 0 Å². The summed E-state index contributed by atoms with van der Waals surface area (Å²) < 4.78 is 0. The summed E-state index contributed by atoms with van der Waals surface area (Å²) in [6.07, 6.45) is 7.80. The van der Waals surface area contributed by atoms with Crippen molar-refractivity contribution in [2.75, 3.05) is 31.6 Å². The second-order valence-corrected chi connectivity index (χ2v) is 13.8. The Morgan fingerprint density at radius 2 is 1.55 bits per heavy atom. The van der Waals surface area contributed by atoms with Gasteiger partial charge in [0.05, 0.1) is 12.4 Å². The van der Waals surface area contributed by atoms with Crippen LogP contribution in [0.3, 0.4) is 0 Å². The van der Waals surface area contributed by atoms with Crippen molar-refractivity contribution >= 4 is 53.2 Å². The molecule has 0 radical (unpaired) electrons. The lowest BCUT2D eigenvalue weighted by atomic mass is 10.1. The number of unbranched alkanes of at least 4 members (excludes halogenated alkanes) is 1. The van der Waals surface area contributed by atoms with Crippen LogP contribution in [-0.2, 0) is 40.0 Å². The molecule has 284 valence electrons. The van der Waals surface area contributed by atoms with E-state index in [9.17, 15) is 38.7 Å². The van der Waals surface area contributed by atoms with E-state index < -0.39 is 77.7 Å². The number of likely N-dealkylation sites (tertiary alicyclic amines) is 2. The van der Waals surface area contributed by atoms with Gasteiger partial charge in [-0.1, -0.05) is 0 Å². The minimum atomic E-state index is -1.24. The molecule has 0 spiro atoms. The van der Waals surface area contributed by atoms with Crippen molar-refractivity contribution in [1.29, 1.82) is 0 Å². The number of nitrogens with two attached hydrogens (primary N) is 3. The number of carboxylic acid groups (broad SMARTS) is 1. The standard InChI is InChI=1S/C32H52N10O8S/c1-51-15-11-23(39-28(45)21(9-10-26(35)43)38-27(44)20(34)16-19-17-36-18-37-19)31(48)41-13-4-7-24(41)29(46)40-22(6-2-3-12-33)30(47)42-14-5-8-25(42)32(49)50/h17-18,20-25H,2-16,33-34H2,1H3,(H2,35,43)(H,36,37)(H,38,44)(H,39,45)(H,40,46)(H,49,50)/t20-,21-,22-,23-,24-,25-/m0/s1. The lowest BCUT2D eigenvalue weighted by molar-refractivity contribution is -0.150. The third kappa shape index (κ3) is 12.2. The molecule has 18 nitrogen and oxygen atoms in total. The normalized spacial score (nSPS) is 19.5. The average Bonchev–Trinajstić information content (AvgIpc) is 3.90. The van der Waals surface area contributed by atoms with E-state index in [4.69, 9.17) is 17.2 Å². The summed E-state index contributed by atoms with van der Waals surface area (Å²) in [6.45, 7) is 0.877. The molecule has 51 heavy (non-hydrogen) atoms. The summed E-state index contributed by atoms with van der Waals surface area (Å²) in [5.74, 6) is -4.24. The van der Waals surface area contributed by atoms with Crippen molar-refractivity contribution in [2.24, 2.45) is 17.2 Å². The van der Waals surface area contributed by atoms with Gasteiger partial charge in [-0.3, -0.25) is 28.8 Å². The fourth-order valence-electron chi connectivity index (χ4n) is 6.33. The number of rotatable bonds is 21. The van der Waals surface area contributed by atoms with E-state index in [2.05, 4.69) is 25.9 Å². The van der Waals surface area contributed by atoms with Crippen molar-refractivity contribution in [3.8, 4) is 0 Å². The number of H-pyrrole nitrogens is 1. The summed E-state index contributed by atoms with van der Waals surface area (Å²) in [6, 6.07) is -6.26. The molecule has 3 rings (SSSR count). The van der Waals surface area contributed by atoms with Crippen LogP contribution in [0.4, 0.5) is 0 Å². The molecule has 0 saturated carbocycles. The number of hydrogen-bond acceptors (Lipinski definition) is 11. The molecule has 2 aliphatic rings. The molecular weight excluding hydrogens is 684 g/mol. The molecule has 11 N–H and O–H groups in total. The second-order valence-electron chi connectivity index (χ2n) is 12.9. The number of nitrogens with one attached hydrogen (secondary N) is 4. The van der Waals surface area contributed by atoms with Crippen molar-refractivity contribution < 1.29 is 38.7 Å². The number of carbonyl (C=O) groups excluding carboxylic acids is 6. The molecule has 1 aromatic heterocycles. The van der Waals surface area contributed by atoms with Crippen LogP contribution in [0.15, 0.2) is 12.5 Å². The zero-order valence-electron chi connectivity index (χ0n) is 29.0. The van der Waals surface area contributed by atoms with Crippen LogP contribution >= 0.6 is 11.8 Å². The lowest BCUT2D eigenvalue weighted by Crippen LogP contribution is -2.59. The molecule has 19 heteroatoms.